The zero-order valence-corrected chi connectivity index (χ0v) is 22.9. The molecule has 1 N–H and O–H groups in total. The lowest BCUT2D eigenvalue weighted by atomic mass is 9.90. The fourth-order valence-electron chi connectivity index (χ4n) is 4.36. The molecule has 0 unspecified atom stereocenters. The number of rotatable bonds is 9. The van der Waals surface area contributed by atoms with Crippen LogP contribution in [0.2, 0.25) is 0 Å². The number of ether oxygens (including phenoxy) is 2. The molecule has 1 aromatic heterocycles. The van der Waals surface area contributed by atoms with Gasteiger partial charge in [0.2, 0.25) is 10.0 Å². The maximum atomic E-state index is 13.3. The van der Waals surface area contributed by atoms with Gasteiger partial charge in [0.25, 0.3) is 0 Å². The van der Waals surface area contributed by atoms with Gasteiger partial charge in [0.1, 0.15) is 18.9 Å². The van der Waals surface area contributed by atoms with Gasteiger partial charge < -0.3 is 9.47 Å². The number of nitrogens with zero attached hydrogens (tertiary/aromatic N) is 2. The molecule has 1 aliphatic heterocycles. The van der Waals surface area contributed by atoms with E-state index in [-0.39, 0.29) is 37.9 Å². The summed E-state index contributed by atoms with van der Waals surface area (Å²) in [5, 5.41) is 0. The molecule has 0 aliphatic carbocycles. The van der Waals surface area contributed by atoms with Crippen LogP contribution in [0.1, 0.15) is 45.9 Å². The number of esters is 1. The van der Waals surface area contributed by atoms with Crippen molar-refractivity contribution in [2.24, 2.45) is 0 Å². The van der Waals surface area contributed by atoms with Crippen molar-refractivity contribution in [2.75, 3.05) is 19.3 Å². The number of carbonyl (C=O) groups is 2. The van der Waals surface area contributed by atoms with Crippen LogP contribution in [-0.2, 0) is 42.9 Å². The van der Waals surface area contributed by atoms with Gasteiger partial charge in [-0.2, -0.15) is 8.42 Å². The summed E-state index contributed by atoms with van der Waals surface area (Å²) in [7, 11) is -7.96. The third kappa shape index (κ3) is 7.25. The maximum absolute atomic E-state index is 13.3. The van der Waals surface area contributed by atoms with Gasteiger partial charge in [-0.25, -0.2) is 31.0 Å². The van der Waals surface area contributed by atoms with Gasteiger partial charge in [-0.3, -0.25) is 0 Å². The second-order valence-corrected chi connectivity index (χ2v) is 12.6. The van der Waals surface area contributed by atoms with Crippen molar-refractivity contribution >= 4 is 32.3 Å². The van der Waals surface area contributed by atoms with E-state index in [2.05, 4.69) is 0 Å². The van der Waals surface area contributed by atoms with E-state index in [1.54, 1.807) is 54.6 Å². The number of carbonyl (C=O) groups excluding carboxylic acids is 2. The topological polar surface area (TPSA) is 141 Å². The van der Waals surface area contributed by atoms with Gasteiger partial charge in [-0.1, -0.05) is 60.7 Å². The number of hydrogen-bond acceptors (Lipinski definition) is 8. The number of amides is 1. The Morgan fingerprint density at radius 3 is 1.92 bits per heavy atom. The fourth-order valence-corrected chi connectivity index (χ4v) is 6.25. The van der Waals surface area contributed by atoms with E-state index in [4.69, 9.17) is 9.47 Å². The molecule has 1 saturated heterocycles. The Morgan fingerprint density at radius 1 is 0.846 bits per heavy atom. The van der Waals surface area contributed by atoms with Crippen molar-refractivity contribution in [3.63, 3.8) is 0 Å². The lowest BCUT2D eigenvalue weighted by Crippen LogP contribution is -2.38. The Balaban J connectivity index is 1.56. The molecule has 1 fully saturated rings. The summed E-state index contributed by atoms with van der Waals surface area (Å²) in [4.78, 5) is 25.6. The number of nitrogens with one attached hydrogen (secondary N) is 1. The molecular weight excluding hydrogens is 546 g/mol. The Hall–Kier alpha value is -3.68. The number of aromatic nitrogens is 1. The molecule has 0 saturated carbocycles. The van der Waals surface area contributed by atoms with Crippen molar-refractivity contribution < 1.29 is 35.9 Å². The van der Waals surface area contributed by atoms with Crippen LogP contribution in [0, 0.1) is 0 Å². The molecule has 39 heavy (non-hydrogen) atoms. The molecule has 13 heteroatoms. The molecule has 0 atom stereocenters. The number of sulfonamides is 1. The highest BCUT2D eigenvalue weighted by Crippen LogP contribution is 2.33. The second-order valence-electron chi connectivity index (χ2n) is 9.08. The highest BCUT2D eigenvalue weighted by Gasteiger charge is 2.33. The summed E-state index contributed by atoms with van der Waals surface area (Å²) in [6, 6.07) is 19.1. The normalized spacial score (nSPS) is 15.0. The summed E-state index contributed by atoms with van der Waals surface area (Å²) >= 11 is 0. The molecule has 4 rings (SSSR count). The quantitative estimate of drug-likeness (QED) is 0.384. The third-order valence-electron chi connectivity index (χ3n) is 6.34. The first-order chi connectivity index (χ1) is 18.5. The van der Waals surface area contributed by atoms with Gasteiger partial charge >= 0.3 is 22.3 Å². The van der Waals surface area contributed by atoms with E-state index >= 15 is 0 Å². The zero-order chi connectivity index (χ0) is 28.0. The molecule has 3 aromatic rings. The lowest BCUT2D eigenvalue weighted by Gasteiger charge is -2.30. The van der Waals surface area contributed by atoms with Crippen LogP contribution >= 0.6 is 0 Å². The van der Waals surface area contributed by atoms with Crippen molar-refractivity contribution in [1.29, 1.82) is 0 Å². The molecular formula is C26H29N3O8S2. The smallest absolute Gasteiger partial charge is 0.422 e. The maximum Gasteiger partial charge on any atom is 0.422 e. The molecule has 1 aliphatic rings. The van der Waals surface area contributed by atoms with Crippen LogP contribution < -0.4 is 4.72 Å². The average molecular weight is 576 g/mol. The van der Waals surface area contributed by atoms with Crippen LogP contribution in [0.4, 0.5) is 4.79 Å². The summed E-state index contributed by atoms with van der Waals surface area (Å²) in [6.07, 6.45) is 1.85. The van der Waals surface area contributed by atoms with Crippen molar-refractivity contribution in [3.8, 4) is 0 Å². The highest BCUT2D eigenvalue weighted by atomic mass is 32.2. The SMILES string of the molecule is CS(=O)(=O)N1CCC(c2ccn(S(=O)(=O)NC(=O)OCc3ccccc3)c2C(=O)OCc2ccccc2)CC1. The van der Waals surface area contributed by atoms with E-state index < -0.39 is 32.3 Å². The Kier molecular flexibility index (Phi) is 8.73. The Bertz CT molecular complexity index is 1510. The lowest BCUT2D eigenvalue weighted by molar-refractivity contribution is 0.0461. The minimum absolute atomic E-state index is 0.0938. The third-order valence-corrected chi connectivity index (χ3v) is 8.89. The Labute approximate surface area is 227 Å². The van der Waals surface area contributed by atoms with Crippen LogP contribution in [-0.4, -0.2) is 56.5 Å². The van der Waals surface area contributed by atoms with Gasteiger partial charge in [0.05, 0.1) is 6.26 Å². The summed E-state index contributed by atoms with van der Waals surface area (Å²) < 4.78 is 64.6. The molecule has 1 amide bonds. The minimum Gasteiger partial charge on any atom is -0.456 e. The van der Waals surface area contributed by atoms with Crippen molar-refractivity contribution in [2.45, 2.75) is 32.0 Å². The van der Waals surface area contributed by atoms with E-state index in [1.165, 1.54) is 16.6 Å². The molecule has 2 heterocycles. The molecule has 2 aromatic carbocycles. The predicted octanol–water partition coefficient (Wildman–Crippen LogP) is 3.00. The first-order valence-corrected chi connectivity index (χ1v) is 15.4. The number of hydrogen-bond donors (Lipinski definition) is 1. The minimum atomic E-state index is -4.59. The van der Waals surface area contributed by atoms with E-state index in [1.807, 2.05) is 10.8 Å². The van der Waals surface area contributed by atoms with Crippen LogP contribution in [0.25, 0.3) is 0 Å². The van der Waals surface area contributed by atoms with Crippen molar-refractivity contribution in [1.82, 2.24) is 13.0 Å². The fraction of sp³-hybridized carbons (Fsp3) is 0.308. The highest BCUT2D eigenvalue weighted by molar-refractivity contribution is 7.88. The standard InChI is InChI=1S/C26H29N3O8S2/c1-38(32,33)28-15-12-22(13-16-28)23-14-17-29(24(23)25(30)36-18-20-8-4-2-5-9-20)39(34,35)27-26(31)37-19-21-10-6-3-7-11-21/h2-11,14,17,22H,12-13,15-16,18-19H2,1H3,(H,27,31). The van der Waals surface area contributed by atoms with Crippen LogP contribution in [0.3, 0.4) is 0 Å². The van der Waals surface area contributed by atoms with Gasteiger partial charge in [-0.05, 0) is 41.5 Å². The molecule has 208 valence electrons. The van der Waals surface area contributed by atoms with Gasteiger partial charge in [0, 0.05) is 19.3 Å². The summed E-state index contributed by atoms with van der Waals surface area (Å²) in [5.41, 5.74) is 1.51. The second kappa shape index (κ2) is 12.0. The number of piperidine rings is 1. The van der Waals surface area contributed by atoms with E-state index in [0.29, 0.717) is 33.5 Å². The summed E-state index contributed by atoms with van der Waals surface area (Å²) in [6.45, 7) is 0.210. The Morgan fingerprint density at radius 2 is 1.38 bits per heavy atom. The van der Waals surface area contributed by atoms with Crippen LogP contribution in [0.15, 0.2) is 72.9 Å². The number of benzene rings is 2. The monoisotopic (exact) mass is 575 g/mol. The molecule has 0 bridgehead atoms. The zero-order valence-electron chi connectivity index (χ0n) is 21.2. The first-order valence-electron chi connectivity index (χ1n) is 12.2. The first kappa shape index (κ1) is 28.3. The molecule has 0 radical (unpaired) electrons. The molecule has 0 spiro atoms. The average Bonchev–Trinajstić information content (AvgIpc) is 3.38. The van der Waals surface area contributed by atoms with E-state index in [0.717, 1.165) is 6.26 Å². The van der Waals surface area contributed by atoms with Crippen molar-refractivity contribution in [3.05, 3.63) is 95.3 Å². The van der Waals surface area contributed by atoms with Gasteiger partial charge in [0.15, 0.2) is 0 Å². The predicted molar refractivity (Wildman–Crippen MR) is 142 cm³/mol. The summed E-state index contributed by atoms with van der Waals surface area (Å²) in [5.74, 6) is -1.20. The molecule has 11 nitrogen and oxygen atoms in total. The van der Waals surface area contributed by atoms with Crippen LogP contribution in [0.5, 0.6) is 0 Å². The van der Waals surface area contributed by atoms with Gasteiger partial charge in [-0.15, -0.1) is 0 Å². The largest absolute Gasteiger partial charge is 0.456 e. The van der Waals surface area contributed by atoms with E-state index in [9.17, 15) is 26.4 Å².